The van der Waals surface area contributed by atoms with E-state index < -0.39 is 0 Å². The SMILES string of the molecule is CSc1nc2ncnc(N[C@@H](C)C(=O)N(C)C)c2s1. The molecule has 2 rings (SSSR count). The van der Waals surface area contributed by atoms with Crippen LogP contribution >= 0.6 is 23.1 Å². The Kier molecular flexibility index (Phi) is 4.20. The third-order valence-electron chi connectivity index (χ3n) is 2.51. The molecule has 2 aromatic heterocycles. The minimum Gasteiger partial charge on any atom is -0.357 e. The van der Waals surface area contributed by atoms with Gasteiger partial charge in [-0.1, -0.05) is 11.8 Å². The van der Waals surface area contributed by atoms with Gasteiger partial charge in [-0.15, -0.1) is 11.3 Å². The molecule has 0 unspecified atom stereocenters. The minimum absolute atomic E-state index is 0.00127. The van der Waals surface area contributed by atoms with E-state index in [1.54, 1.807) is 30.8 Å². The van der Waals surface area contributed by atoms with Gasteiger partial charge in [0.15, 0.2) is 9.99 Å². The monoisotopic (exact) mass is 297 g/mol. The van der Waals surface area contributed by atoms with Crippen LogP contribution in [0.15, 0.2) is 10.7 Å². The smallest absolute Gasteiger partial charge is 0.244 e. The lowest BCUT2D eigenvalue weighted by Crippen LogP contribution is -2.36. The molecule has 0 saturated carbocycles. The van der Waals surface area contributed by atoms with Crippen molar-refractivity contribution < 1.29 is 4.79 Å². The van der Waals surface area contributed by atoms with Gasteiger partial charge in [0.1, 0.15) is 22.9 Å². The fraction of sp³-hybridized carbons (Fsp3) is 0.455. The first kappa shape index (κ1) is 14.0. The lowest BCUT2D eigenvalue weighted by atomic mass is 10.3. The summed E-state index contributed by atoms with van der Waals surface area (Å²) < 4.78 is 1.82. The van der Waals surface area contributed by atoms with Crippen LogP contribution in [0.4, 0.5) is 5.82 Å². The quantitative estimate of drug-likeness (QED) is 0.866. The number of fused-ring (bicyclic) bond motifs is 1. The van der Waals surface area contributed by atoms with E-state index in [0.29, 0.717) is 11.5 Å². The lowest BCUT2D eigenvalue weighted by molar-refractivity contribution is -0.129. The van der Waals surface area contributed by atoms with Crippen molar-refractivity contribution in [3.05, 3.63) is 6.33 Å². The van der Waals surface area contributed by atoms with Gasteiger partial charge in [0.2, 0.25) is 5.91 Å². The molecule has 2 aromatic rings. The van der Waals surface area contributed by atoms with E-state index in [9.17, 15) is 4.79 Å². The number of anilines is 1. The van der Waals surface area contributed by atoms with E-state index in [1.807, 2.05) is 13.2 Å². The molecule has 2 heterocycles. The predicted octanol–water partition coefficient (Wildman–Crippen LogP) is 1.70. The molecular weight excluding hydrogens is 282 g/mol. The molecule has 0 radical (unpaired) electrons. The normalized spacial score (nSPS) is 12.4. The minimum atomic E-state index is -0.340. The number of hydrogen-bond acceptors (Lipinski definition) is 7. The molecule has 0 aliphatic rings. The van der Waals surface area contributed by atoms with Gasteiger partial charge in [-0.3, -0.25) is 4.79 Å². The molecule has 1 atom stereocenters. The standard InChI is InChI=1S/C11H15N5OS2/c1-6(10(17)16(2)3)14-8-7-9(13-5-12-8)15-11(18-4)19-7/h5-6H,1-4H3,(H,12,13,14)/t6-/m0/s1. The molecule has 19 heavy (non-hydrogen) atoms. The van der Waals surface area contributed by atoms with Crippen LogP contribution in [0.3, 0.4) is 0 Å². The summed E-state index contributed by atoms with van der Waals surface area (Å²) in [5.74, 6) is 0.659. The van der Waals surface area contributed by atoms with Crippen molar-refractivity contribution in [1.29, 1.82) is 0 Å². The Labute approximate surface area is 119 Å². The highest BCUT2D eigenvalue weighted by Gasteiger charge is 2.17. The molecule has 1 N–H and O–H groups in total. The van der Waals surface area contributed by atoms with E-state index >= 15 is 0 Å². The largest absolute Gasteiger partial charge is 0.357 e. The van der Waals surface area contributed by atoms with Crippen molar-refractivity contribution in [2.75, 3.05) is 25.7 Å². The Bertz CT molecular complexity index is 598. The summed E-state index contributed by atoms with van der Waals surface area (Å²) in [6.45, 7) is 1.81. The first-order chi connectivity index (χ1) is 9.02. The highest BCUT2D eigenvalue weighted by Crippen LogP contribution is 2.31. The maximum atomic E-state index is 11.8. The van der Waals surface area contributed by atoms with Crippen LogP contribution in [0.5, 0.6) is 0 Å². The maximum Gasteiger partial charge on any atom is 0.244 e. The van der Waals surface area contributed by atoms with Crippen LogP contribution in [0.2, 0.25) is 0 Å². The molecule has 6 nitrogen and oxygen atoms in total. The van der Waals surface area contributed by atoms with E-state index in [2.05, 4.69) is 20.3 Å². The maximum absolute atomic E-state index is 11.8. The van der Waals surface area contributed by atoms with Gasteiger partial charge in [0.05, 0.1) is 0 Å². The molecule has 0 spiro atoms. The van der Waals surface area contributed by atoms with Crippen LogP contribution < -0.4 is 5.32 Å². The second-order valence-corrected chi connectivity index (χ2v) is 6.21. The highest BCUT2D eigenvalue weighted by molar-refractivity contribution is 8.00. The Hall–Kier alpha value is -1.41. The average Bonchev–Trinajstić information content (AvgIpc) is 2.81. The number of carbonyl (C=O) groups is 1. The highest BCUT2D eigenvalue weighted by atomic mass is 32.2. The molecule has 1 amide bonds. The Balaban J connectivity index is 2.30. The van der Waals surface area contributed by atoms with Crippen molar-refractivity contribution >= 4 is 45.2 Å². The molecule has 0 bridgehead atoms. The Morgan fingerprint density at radius 3 is 2.84 bits per heavy atom. The zero-order chi connectivity index (χ0) is 14.0. The van der Waals surface area contributed by atoms with E-state index in [-0.39, 0.29) is 11.9 Å². The number of nitrogens with one attached hydrogen (secondary N) is 1. The van der Waals surface area contributed by atoms with E-state index in [1.165, 1.54) is 17.7 Å². The summed E-state index contributed by atoms with van der Waals surface area (Å²) in [5, 5.41) is 3.12. The summed E-state index contributed by atoms with van der Waals surface area (Å²) >= 11 is 3.10. The van der Waals surface area contributed by atoms with Crippen LogP contribution in [-0.2, 0) is 4.79 Å². The van der Waals surface area contributed by atoms with Gasteiger partial charge < -0.3 is 10.2 Å². The molecule has 0 aromatic carbocycles. The fourth-order valence-electron chi connectivity index (χ4n) is 1.58. The second-order valence-electron chi connectivity index (χ2n) is 4.16. The Morgan fingerprint density at radius 2 is 2.21 bits per heavy atom. The molecular formula is C11H15N5OS2. The van der Waals surface area contributed by atoms with Crippen LogP contribution in [0.1, 0.15) is 6.92 Å². The third-order valence-corrected chi connectivity index (χ3v) is 4.55. The van der Waals surface area contributed by atoms with Gasteiger partial charge in [-0.25, -0.2) is 15.0 Å². The van der Waals surface area contributed by atoms with Crippen LogP contribution in [0, 0.1) is 0 Å². The average molecular weight is 297 g/mol. The van der Waals surface area contributed by atoms with Crippen molar-refractivity contribution in [3.8, 4) is 0 Å². The first-order valence-corrected chi connectivity index (χ1v) is 7.70. The zero-order valence-corrected chi connectivity index (χ0v) is 12.8. The fourth-order valence-corrected chi connectivity index (χ4v) is 3.04. The number of thiazole rings is 1. The van der Waals surface area contributed by atoms with Crippen LogP contribution in [-0.4, -0.2) is 52.2 Å². The summed E-state index contributed by atoms with van der Waals surface area (Å²) in [5.41, 5.74) is 0.663. The van der Waals surface area contributed by atoms with Gasteiger partial charge in [0, 0.05) is 14.1 Å². The number of thioether (sulfide) groups is 1. The Morgan fingerprint density at radius 1 is 1.47 bits per heavy atom. The van der Waals surface area contributed by atoms with Crippen molar-refractivity contribution in [3.63, 3.8) is 0 Å². The number of likely N-dealkylation sites (N-methyl/N-ethyl adjacent to an activating group) is 1. The molecule has 0 fully saturated rings. The molecule has 0 aliphatic carbocycles. The molecule has 102 valence electrons. The summed E-state index contributed by atoms with van der Waals surface area (Å²) in [6.07, 6.45) is 3.43. The summed E-state index contributed by atoms with van der Waals surface area (Å²) in [6, 6.07) is -0.340. The van der Waals surface area contributed by atoms with Gasteiger partial charge in [-0.2, -0.15) is 0 Å². The number of rotatable bonds is 4. The van der Waals surface area contributed by atoms with Gasteiger partial charge in [0.25, 0.3) is 0 Å². The molecule has 8 heteroatoms. The summed E-state index contributed by atoms with van der Waals surface area (Å²) in [4.78, 5) is 26.1. The van der Waals surface area contributed by atoms with Crippen molar-refractivity contribution in [2.24, 2.45) is 0 Å². The second kappa shape index (κ2) is 5.70. The third kappa shape index (κ3) is 2.95. The van der Waals surface area contributed by atoms with E-state index in [4.69, 9.17) is 0 Å². The molecule has 0 aliphatic heterocycles. The predicted molar refractivity (Wildman–Crippen MR) is 78.8 cm³/mol. The van der Waals surface area contributed by atoms with E-state index in [0.717, 1.165) is 9.04 Å². The van der Waals surface area contributed by atoms with Gasteiger partial charge >= 0.3 is 0 Å². The number of nitrogens with zero attached hydrogens (tertiary/aromatic N) is 4. The number of hydrogen-bond donors (Lipinski definition) is 1. The number of amides is 1. The lowest BCUT2D eigenvalue weighted by Gasteiger charge is -2.18. The van der Waals surface area contributed by atoms with Gasteiger partial charge in [-0.05, 0) is 13.2 Å². The van der Waals surface area contributed by atoms with Crippen LogP contribution in [0.25, 0.3) is 10.3 Å². The topological polar surface area (TPSA) is 71.0 Å². The first-order valence-electron chi connectivity index (χ1n) is 5.66. The number of aromatic nitrogens is 3. The van der Waals surface area contributed by atoms with Crippen molar-refractivity contribution in [1.82, 2.24) is 19.9 Å². The number of carbonyl (C=O) groups excluding carboxylic acids is 1. The zero-order valence-electron chi connectivity index (χ0n) is 11.2. The van der Waals surface area contributed by atoms with Crippen molar-refractivity contribution in [2.45, 2.75) is 17.3 Å². The molecule has 0 saturated heterocycles. The summed E-state index contributed by atoms with van der Waals surface area (Å²) in [7, 11) is 3.46.